The molecule has 0 radical (unpaired) electrons. The van der Waals surface area contributed by atoms with Gasteiger partial charge in [0.25, 0.3) is 0 Å². The highest BCUT2D eigenvalue weighted by Gasteiger charge is 2.16. The van der Waals surface area contributed by atoms with Gasteiger partial charge in [0.1, 0.15) is 5.82 Å². The van der Waals surface area contributed by atoms with E-state index in [1.807, 2.05) is 19.1 Å². The summed E-state index contributed by atoms with van der Waals surface area (Å²) in [6.07, 6.45) is 2.26. The Bertz CT molecular complexity index is 389. The van der Waals surface area contributed by atoms with E-state index in [4.69, 9.17) is 4.74 Å². The van der Waals surface area contributed by atoms with Crippen LogP contribution in [0.2, 0.25) is 0 Å². The van der Waals surface area contributed by atoms with Crippen molar-refractivity contribution >= 4 is 5.82 Å². The van der Waals surface area contributed by atoms with Crippen LogP contribution in [-0.4, -0.2) is 36.9 Å². The smallest absolute Gasteiger partial charge is 0.128 e. The van der Waals surface area contributed by atoms with E-state index >= 15 is 0 Å². The number of aryl methyl sites for hydroxylation is 1. The highest BCUT2D eigenvalue weighted by molar-refractivity contribution is 5.41. The van der Waals surface area contributed by atoms with E-state index in [0.29, 0.717) is 5.92 Å². The molecule has 0 saturated carbocycles. The molecule has 100 valence electrons. The standard InChI is InChI=1S/C14H22N2O2/c1-11-7-13(10-17)8-14(15-11)16(2)9-12-3-5-18-6-4-12/h7-8,12,17H,3-6,9-10H2,1-2H3. The van der Waals surface area contributed by atoms with Gasteiger partial charge in [0.15, 0.2) is 0 Å². The van der Waals surface area contributed by atoms with Crippen LogP contribution in [-0.2, 0) is 11.3 Å². The molecule has 2 rings (SSSR count). The van der Waals surface area contributed by atoms with Gasteiger partial charge in [-0.2, -0.15) is 0 Å². The zero-order valence-electron chi connectivity index (χ0n) is 11.2. The van der Waals surface area contributed by atoms with Crippen LogP contribution in [0.4, 0.5) is 5.82 Å². The van der Waals surface area contributed by atoms with Gasteiger partial charge in [-0.1, -0.05) is 0 Å². The summed E-state index contributed by atoms with van der Waals surface area (Å²) in [4.78, 5) is 6.71. The molecule has 1 aromatic heterocycles. The molecule has 0 spiro atoms. The third-order valence-corrected chi connectivity index (χ3v) is 3.45. The first-order valence-corrected chi connectivity index (χ1v) is 6.56. The molecule has 0 amide bonds. The van der Waals surface area contributed by atoms with E-state index in [1.165, 1.54) is 0 Å². The highest BCUT2D eigenvalue weighted by atomic mass is 16.5. The Kier molecular flexibility index (Phi) is 4.55. The van der Waals surface area contributed by atoms with E-state index in [1.54, 1.807) is 0 Å². The molecule has 1 N–H and O–H groups in total. The minimum atomic E-state index is 0.0709. The molecule has 1 aliphatic rings. The van der Waals surface area contributed by atoms with Gasteiger partial charge in [-0.15, -0.1) is 0 Å². The van der Waals surface area contributed by atoms with Gasteiger partial charge >= 0.3 is 0 Å². The molecule has 0 unspecified atom stereocenters. The quantitative estimate of drug-likeness (QED) is 0.884. The van der Waals surface area contributed by atoms with Crippen LogP contribution in [0.25, 0.3) is 0 Å². The number of hydrogen-bond donors (Lipinski definition) is 1. The number of ether oxygens (including phenoxy) is 1. The van der Waals surface area contributed by atoms with Crippen molar-refractivity contribution in [1.29, 1.82) is 0 Å². The summed E-state index contributed by atoms with van der Waals surface area (Å²) in [7, 11) is 2.07. The molecule has 18 heavy (non-hydrogen) atoms. The molecular formula is C14H22N2O2. The Balaban J connectivity index is 2.02. The average Bonchev–Trinajstić information content (AvgIpc) is 2.39. The van der Waals surface area contributed by atoms with Crippen LogP contribution in [0.3, 0.4) is 0 Å². The maximum atomic E-state index is 9.23. The second-order valence-electron chi connectivity index (χ2n) is 5.07. The summed E-state index contributed by atoms with van der Waals surface area (Å²) < 4.78 is 5.38. The second-order valence-corrected chi connectivity index (χ2v) is 5.07. The lowest BCUT2D eigenvalue weighted by atomic mass is 10.00. The zero-order chi connectivity index (χ0) is 13.0. The van der Waals surface area contributed by atoms with Gasteiger partial charge in [0.05, 0.1) is 6.61 Å². The third-order valence-electron chi connectivity index (χ3n) is 3.45. The van der Waals surface area contributed by atoms with Gasteiger partial charge in [-0.05, 0) is 43.4 Å². The number of pyridine rings is 1. The van der Waals surface area contributed by atoms with E-state index in [9.17, 15) is 5.11 Å². The summed E-state index contributed by atoms with van der Waals surface area (Å²) in [6.45, 7) is 4.79. The summed E-state index contributed by atoms with van der Waals surface area (Å²) in [6, 6.07) is 3.89. The van der Waals surface area contributed by atoms with Crippen LogP contribution < -0.4 is 4.90 Å². The second kappa shape index (κ2) is 6.16. The maximum Gasteiger partial charge on any atom is 0.128 e. The maximum absolute atomic E-state index is 9.23. The molecule has 4 heteroatoms. The SMILES string of the molecule is Cc1cc(CO)cc(N(C)CC2CCOCC2)n1. The number of anilines is 1. The predicted molar refractivity (Wildman–Crippen MR) is 71.7 cm³/mol. The summed E-state index contributed by atoms with van der Waals surface area (Å²) >= 11 is 0. The lowest BCUT2D eigenvalue weighted by Crippen LogP contribution is -2.30. The Morgan fingerprint density at radius 3 is 2.78 bits per heavy atom. The molecule has 2 heterocycles. The largest absolute Gasteiger partial charge is 0.392 e. The van der Waals surface area contributed by atoms with Crippen molar-refractivity contribution in [3.8, 4) is 0 Å². The lowest BCUT2D eigenvalue weighted by molar-refractivity contribution is 0.0685. The number of nitrogens with zero attached hydrogens (tertiary/aromatic N) is 2. The van der Waals surface area contributed by atoms with Crippen molar-refractivity contribution < 1.29 is 9.84 Å². The minimum Gasteiger partial charge on any atom is -0.392 e. The van der Waals surface area contributed by atoms with E-state index in [-0.39, 0.29) is 6.61 Å². The van der Waals surface area contributed by atoms with Gasteiger partial charge in [-0.25, -0.2) is 4.98 Å². The Morgan fingerprint density at radius 2 is 2.11 bits per heavy atom. The van der Waals surface area contributed by atoms with E-state index < -0.39 is 0 Å². The number of aliphatic hydroxyl groups is 1. The third kappa shape index (κ3) is 3.43. The molecule has 1 aromatic rings. The minimum absolute atomic E-state index is 0.0709. The van der Waals surface area contributed by atoms with Gasteiger partial charge in [0.2, 0.25) is 0 Å². The fourth-order valence-corrected chi connectivity index (χ4v) is 2.42. The van der Waals surface area contributed by atoms with Crippen molar-refractivity contribution in [2.75, 3.05) is 31.7 Å². The number of aromatic nitrogens is 1. The normalized spacial score (nSPS) is 16.8. The average molecular weight is 250 g/mol. The molecule has 4 nitrogen and oxygen atoms in total. The molecule has 0 aromatic carbocycles. The van der Waals surface area contributed by atoms with Crippen molar-refractivity contribution in [3.63, 3.8) is 0 Å². The van der Waals surface area contributed by atoms with Crippen LogP contribution in [0.5, 0.6) is 0 Å². The predicted octanol–water partition coefficient (Wildman–Crippen LogP) is 1.75. The van der Waals surface area contributed by atoms with Crippen LogP contribution in [0, 0.1) is 12.8 Å². The zero-order valence-corrected chi connectivity index (χ0v) is 11.2. The highest BCUT2D eigenvalue weighted by Crippen LogP contribution is 2.20. The summed E-state index contributed by atoms with van der Waals surface area (Å²) in [5, 5.41) is 9.23. The monoisotopic (exact) mass is 250 g/mol. The van der Waals surface area contributed by atoms with Crippen molar-refractivity contribution in [2.24, 2.45) is 5.92 Å². The number of aliphatic hydroxyl groups excluding tert-OH is 1. The fourth-order valence-electron chi connectivity index (χ4n) is 2.42. The number of rotatable bonds is 4. The first-order valence-electron chi connectivity index (χ1n) is 6.56. The molecule has 1 aliphatic heterocycles. The molecule has 0 aliphatic carbocycles. The molecule has 0 atom stereocenters. The van der Waals surface area contributed by atoms with E-state index in [0.717, 1.165) is 49.7 Å². The molecular weight excluding hydrogens is 228 g/mol. The Morgan fingerprint density at radius 1 is 1.39 bits per heavy atom. The summed E-state index contributed by atoms with van der Waals surface area (Å²) in [5.74, 6) is 1.63. The topological polar surface area (TPSA) is 45.6 Å². The number of hydrogen-bond acceptors (Lipinski definition) is 4. The van der Waals surface area contributed by atoms with Crippen molar-refractivity contribution in [1.82, 2.24) is 4.98 Å². The summed E-state index contributed by atoms with van der Waals surface area (Å²) in [5.41, 5.74) is 1.88. The van der Waals surface area contributed by atoms with E-state index in [2.05, 4.69) is 16.9 Å². The van der Waals surface area contributed by atoms with Crippen molar-refractivity contribution in [2.45, 2.75) is 26.4 Å². The van der Waals surface area contributed by atoms with Crippen LogP contribution >= 0.6 is 0 Å². The van der Waals surface area contributed by atoms with Gasteiger partial charge in [-0.3, -0.25) is 0 Å². The Labute approximate surface area is 109 Å². The van der Waals surface area contributed by atoms with Crippen LogP contribution in [0.15, 0.2) is 12.1 Å². The Hall–Kier alpha value is -1.13. The first kappa shape index (κ1) is 13.3. The molecule has 0 bridgehead atoms. The van der Waals surface area contributed by atoms with Crippen molar-refractivity contribution in [3.05, 3.63) is 23.4 Å². The van der Waals surface area contributed by atoms with Gasteiger partial charge < -0.3 is 14.7 Å². The first-order chi connectivity index (χ1) is 8.69. The lowest BCUT2D eigenvalue weighted by Gasteiger charge is -2.28. The molecule has 1 saturated heterocycles. The molecule has 1 fully saturated rings. The fraction of sp³-hybridized carbons (Fsp3) is 0.643. The van der Waals surface area contributed by atoms with Gasteiger partial charge in [0, 0.05) is 32.5 Å². The van der Waals surface area contributed by atoms with Crippen LogP contribution in [0.1, 0.15) is 24.1 Å².